The molecule has 0 radical (unpaired) electrons. The molecule has 0 bridgehead atoms. The molecule has 0 aromatic carbocycles. The predicted molar refractivity (Wildman–Crippen MR) is 112 cm³/mol. The van der Waals surface area contributed by atoms with E-state index in [-0.39, 0.29) is 24.0 Å². The van der Waals surface area contributed by atoms with Crippen LogP contribution in [0, 0.1) is 0 Å². The van der Waals surface area contributed by atoms with Gasteiger partial charge in [-0.05, 0) is 30.5 Å². The third-order valence-corrected chi connectivity index (χ3v) is 3.49. The number of halogens is 2. The van der Waals surface area contributed by atoms with Crippen molar-refractivity contribution in [3.63, 3.8) is 0 Å². The van der Waals surface area contributed by atoms with Crippen LogP contribution < -0.4 is 15.4 Å². The Morgan fingerprint density at radius 1 is 1.12 bits per heavy atom. The first-order valence-corrected chi connectivity index (χ1v) is 8.20. The molecular formula is C17H23ClIN5O. The largest absolute Gasteiger partial charge is 0.481 e. The minimum atomic E-state index is 0. The fourth-order valence-corrected chi connectivity index (χ4v) is 2.13. The number of nitrogens with zero attached hydrogens (tertiary/aromatic N) is 3. The van der Waals surface area contributed by atoms with Crippen LogP contribution in [0.1, 0.15) is 18.1 Å². The minimum Gasteiger partial charge on any atom is -0.481 e. The van der Waals surface area contributed by atoms with Crippen molar-refractivity contribution in [3.8, 4) is 5.88 Å². The molecule has 0 amide bonds. The maximum absolute atomic E-state index is 5.79. The lowest BCUT2D eigenvalue weighted by molar-refractivity contribution is 0.397. The summed E-state index contributed by atoms with van der Waals surface area (Å²) in [6, 6.07) is 7.56. The fourth-order valence-electron chi connectivity index (χ4n) is 2.02. The highest BCUT2D eigenvalue weighted by molar-refractivity contribution is 14.0. The van der Waals surface area contributed by atoms with Crippen LogP contribution in [0.15, 0.2) is 41.7 Å². The maximum atomic E-state index is 5.79. The Morgan fingerprint density at radius 3 is 2.48 bits per heavy atom. The molecule has 0 fully saturated rings. The highest BCUT2D eigenvalue weighted by Crippen LogP contribution is 2.07. The lowest BCUT2D eigenvalue weighted by Gasteiger charge is -2.11. The number of aliphatic imine (C=N–C) groups is 1. The molecule has 2 aromatic heterocycles. The van der Waals surface area contributed by atoms with Gasteiger partial charge >= 0.3 is 0 Å². The van der Waals surface area contributed by atoms with Crippen LogP contribution in [0.25, 0.3) is 0 Å². The molecule has 2 N–H and O–H groups in total. The van der Waals surface area contributed by atoms with Gasteiger partial charge in [0.25, 0.3) is 0 Å². The van der Waals surface area contributed by atoms with Crippen LogP contribution in [-0.2, 0) is 13.0 Å². The second kappa shape index (κ2) is 11.9. The highest BCUT2D eigenvalue weighted by Gasteiger charge is 2.00. The lowest BCUT2D eigenvalue weighted by Crippen LogP contribution is -2.38. The van der Waals surface area contributed by atoms with Gasteiger partial charge in [-0.3, -0.25) is 0 Å². The average molecular weight is 476 g/mol. The van der Waals surface area contributed by atoms with Crippen molar-refractivity contribution in [2.75, 3.05) is 20.2 Å². The van der Waals surface area contributed by atoms with E-state index in [2.05, 4.69) is 25.6 Å². The molecule has 8 heteroatoms. The van der Waals surface area contributed by atoms with E-state index in [4.69, 9.17) is 16.3 Å². The van der Waals surface area contributed by atoms with Gasteiger partial charge in [-0.15, -0.1) is 24.0 Å². The predicted octanol–water partition coefficient (Wildman–Crippen LogP) is 3.05. The summed E-state index contributed by atoms with van der Waals surface area (Å²) in [5.41, 5.74) is 2.15. The molecule has 0 aliphatic rings. The Balaban J connectivity index is 0.00000312. The molecule has 136 valence electrons. The lowest BCUT2D eigenvalue weighted by atomic mass is 10.2. The van der Waals surface area contributed by atoms with Crippen LogP contribution in [-0.4, -0.2) is 36.1 Å². The number of methoxy groups -OCH3 is 1. The standard InChI is InChI=1S/C17H22ClN5O.HI/c1-3-19-17(20-9-8-13-4-6-15(18)21-10-13)23-12-14-5-7-16(24-2)22-11-14;/h4-7,10-11H,3,8-9,12H2,1-2H3,(H2,19,20,23);1H. The van der Waals surface area contributed by atoms with Crippen molar-refractivity contribution >= 4 is 41.5 Å². The average Bonchev–Trinajstić information content (AvgIpc) is 2.62. The fraction of sp³-hybridized carbons (Fsp3) is 0.353. The molecule has 2 rings (SSSR count). The highest BCUT2D eigenvalue weighted by atomic mass is 127. The number of hydrogen-bond donors (Lipinski definition) is 2. The summed E-state index contributed by atoms with van der Waals surface area (Å²) in [5, 5.41) is 7.05. The zero-order valence-electron chi connectivity index (χ0n) is 14.3. The molecule has 0 unspecified atom stereocenters. The van der Waals surface area contributed by atoms with E-state index in [1.165, 1.54) is 0 Å². The van der Waals surface area contributed by atoms with E-state index in [0.29, 0.717) is 17.6 Å². The quantitative estimate of drug-likeness (QED) is 0.279. The van der Waals surface area contributed by atoms with Crippen LogP contribution in [0.3, 0.4) is 0 Å². The molecule has 0 saturated heterocycles. The number of pyridine rings is 2. The van der Waals surface area contributed by atoms with E-state index in [1.807, 2.05) is 25.1 Å². The van der Waals surface area contributed by atoms with Crippen molar-refractivity contribution in [1.82, 2.24) is 20.6 Å². The molecule has 2 aromatic rings. The third kappa shape index (κ3) is 7.87. The van der Waals surface area contributed by atoms with Gasteiger partial charge in [-0.2, -0.15) is 0 Å². The monoisotopic (exact) mass is 475 g/mol. The van der Waals surface area contributed by atoms with Crippen molar-refractivity contribution in [1.29, 1.82) is 0 Å². The molecule has 0 saturated carbocycles. The number of aromatic nitrogens is 2. The molecule has 0 aliphatic carbocycles. The van der Waals surface area contributed by atoms with Gasteiger partial charge in [0.1, 0.15) is 5.15 Å². The number of nitrogens with one attached hydrogen (secondary N) is 2. The second-order valence-electron chi connectivity index (χ2n) is 5.07. The summed E-state index contributed by atoms with van der Waals surface area (Å²) in [6.45, 7) is 4.15. The topological polar surface area (TPSA) is 71.4 Å². The molecule has 0 atom stereocenters. The van der Waals surface area contributed by atoms with E-state index in [9.17, 15) is 0 Å². The molecule has 0 spiro atoms. The van der Waals surface area contributed by atoms with Gasteiger partial charge in [0, 0.05) is 31.5 Å². The SMILES string of the molecule is CCNC(=NCc1ccc(OC)nc1)NCCc1ccc(Cl)nc1.I. The Kier molecular flexibility index (Phi) is 10.2. The minimum absolute atomic E-state index is 0. The molecule has 25 heavy (non-hydrogen) atoms. The Bertz CT molecular complexity index is 649. The van der Waals surface area contributed by atoms with Crippen LogP contribution in [0.4, 0.5) is 0 Å². The summed E-state index contributed by atoms with van der Waals surface area (Å²) >= 11 is 5.79. The summed E-state index contributed by atoms with van der Waals surface area (Å²) in [5.74, 6) is 1.37. The van der Waals surface area contributed by atoms with E-state index < -0.39 is 0 Å². The van der Waals surface area contributed by atoms with Crippen molar-refractivity contribution < 1.29 is 4.74 Å². The number of ether oxygens (including phenoxy) is 1. The number of rotatable bonds is 7. The first kappa shape index (κ1) is 21.4. The van der Waals surface area contributed by atoms with Gasteiger partial charge in [0.15, 0.2) is 5.96 Å². The van der Waals surface area contributed by atoms with Crippen molar-refractivity contribution in [2.24, 2.45) is 4.99 Å². The van der Waals surface area contributed by atoms with Crippen LogP contribution in [0.2, 0.25) is 5.15 Å². The van der Waals surface area contributed by atoms with Crippen molar-refractivity contribution in [3.05, 3.63) is 52.9 Å². The first-order valence-electron chi connectivity index (χ1n) is 7.82. The molecule has 0 aliphatic heterocycles. The van der Waals surface area contributed by atoms with Crippen LogP contribution in [0.5, 0.6) is 5.88 Å². The molecule has 6 nitrogen and oxygen atoms in total. The number of hydrogen-bond acceptors (Lipinski definition) is 4. The van der Waals surface area contributed by atoms with Gasteiger partial charge in [-0.25, -0.2) is 15.0 Å². The summed E-state index contributed by atoms with van der Waals surface area (Å²) in [7, 11) is 1.60. The summed E-state index contributed by atoms with van der Waals surface area (Å²) < 4.78 is 5.05. The smallest absolute Gasteiger partial charge is 0.212 e. The van der Waals surface area contributed by atoms with Gasteiger partial charge < -0.3 is 15.4 Å². The normalized spacial score (nSPS) is 10.8. The number of guanidine groups is 1. The Hall–Kier alpha value is -1.61. The zero-order valence-corrected chi connectivity index (χ0v) is 17.4. The van der Waals surface area contributed by atoms with Crippen molar-refractivity contribution in [2.45, 2.75) is 19.9 Å². The molecule has 2 heterocycles. The van der Waals surface area contributed by atoms with E-state index in [0.717, 1.165) is 36.6 Å². The first-order chi connectivity index (χ1) is 11.7. The summed E-state index contributed by atoms with van der Waals surface area (Å²) in [6.07, 6.45) is 4.40. The van der Waals surface area contributed by atoms with Gasteiger partial charge in [0.05, 0.1) is 13.7 Å². The second-order valence-corrected chi connectivity index (χ2v) is 5.46. The maximum Gasteiger partial charge on any atom is 0.212 e. The van der Waals surface area contributed by atoms with E-state index >= 15 is 0 Å². The summed E-state index contributed by atoms with van der Waals surface area (Å²) in [4.78, 5) is 12.8. The van der Waals surface area contributed by atoms with Gasteiger partial charge in [-0.1, -0.05) is 23.7 Å². The zero-order chi connectivity index (χ0) is 17.2. The van der Waals surface area contributed by atoms with Crippen LogP contribution >= 0.6 is 35.6 Å². The Labute approximate surface area is 170 Å². The van der Waals surface area contributed by atoms with E-state index in [1.54, 1.807) is 25.6 Å². The third-order valence-electron chi connectivity index (χ3n) is 3.27. The van der Waals surface area contributed by atoms with Gasteiger partial charge in [0.2, 0.25) is 5.88 Å². The Morgan fingerprint density at radius 2 is 1.88 bits per heavy atom. The molecular weight excluding hydrogens is 453 g/mol.